The van der Waals surface area contributed by atoms with Gasteiger partial charge in [-0.15, -0.1) is 0 Å². The summed E-state index contributed by atoms with van der Waals surface area (Å²) in [5.74, 6) is 0.533. The van der Waals surface area contributed by atoms with Crippen LogP contribution in [-0.2, 0) is 6.42 Å². The average molecular weight is 308 g/mol. The maximum Gasteiger partial charge on any atom is 0.127 e. The summed E-state index contributed by atoms with van der Waals surface area (Å²) in [5.41, 5.74) is 0.529. The van der Waals surface area contributed by atoms with Gasteiger partial charge in [0.15, 0.2) is 0 Å². The summed E-state index contributed by atoms with van der Waals surface area (Å²) in [6.07, 6.45) is 0.492. The summed E-state index contributed by atoms with van der Waals surface area (Å²) < 4.78 is 19.6. The van der Waals surface area contributed by atoms with Crippen LogP contribution >= 0.6 is 11.6 Å². The third-order valence-corrected chi connectivity index (χ3v) is 3.55. The fourth-order valence-electron chi connectivity index (χ4n) is 2.17. The van der Waals surface area contributed by atoms with Gasteiger partial charge in [-0.25, -0.2) is 4.39 Å². The molecule has 1 N–H and O–H groups in total. The second-order valence-corrected chi connectivity index (χ2v) is 5.19. The molecule has 0 spiro atoms. The van der Waals surface area contributed by atoms with Crippen molar-refractivity contribution in [3.05, 3.63) is 64.9 Å². The van der Waals surface area contributed by atoms with Crippen LogP contribution in [-0.4, -0.2) is 19.2 Å². The van der Waals surface area contributed by atoms with Crippen molar-refractivity contribution in [3.63, 3.8) is 0 Å². The van der Waals surface area contributed by atoms with Crippen molar-refractivity contribution in [3.8, 4) is 5.75 Å². The van der Waals surface area contributed by atoms with Crippen molar-refractivity contribution in [2.45, 2.75) is 19.4 Å². The monoisotopic (exact) mass is 307 g/mol. The van der Waals surface area contributed by atoms with Gasteiger partial charge in [-0.2, -0.15) is 0 Å². The van der Waals surface area contributed by atoms with Crippen LogP contribution < -0.4 is 10.1 Å². The smallest absolute Gasteiger partial charge is 0.127 e. The van der Waals surface area contributed by atoms with Crippen LogP contribution in [0.3, 0.4) is 0 Å². The number of para-hydroxylation sites is 1. The SMILES string of the molecule is CCNC(COc1ccccc1)Cc1c(F)cccc1Cl. The lowest BCUT2D eigenvalue weighted by Gasteiger charge is -2.19. The van der Waals surface area contributed by atoms with Crippen LogP contribution in [0.2, 0.25) is 5.02 Å². The van der Waals surface area contributed by atoms with E-state index >= 15 is 0 Å². The first-order valence-corrected chi connectivity index (χ1v) is 7.42. The van der Waals surface area contributed by atoms with Crippen LogP contribution in [0.5, 0.6) is 5.75 Å². The number of halogens is 2. The fraction of sp³-hybridized carbons (Fsp3) is 0.294. The predicted molar refractivity (Wildman–Crippen MR) is 84.5 cm³/mol. The van der Waals surface area contributed by atoms with E-state index in [0.717, 1.165) is 12.3 Å². The fourth-order valence-corrected chi connectivity index (χ4v) is 2.41. The zero-order valence-corrected chi connectivity index (χ0v) is 12.7. The maximum absolute atomic E-state index is 13.9. The molecule has 0 amide bonds. The molecule has 2 rings (SSSR count). The van der Waals surface area contributed by atoms with E-state index in [1.165, 1.54) is 6.07 Å². The number of benzene rings is 2. The first-order chi connectivity index (χ1) is 10.2. The van der Waals surface area contributed by atoms with E-state index in [2.05, 4.69) is 5.32 Å². The lowest BCUT2D eigenvalue weighted by atomic mass is 10.1. The topological polar surface area (TPSA) is 21.3 Å². The first-order valence-electron chi connectivity index (χ1n) is 7.04. The van der Waals surface area contributed by atoms with Crippen LogP contribution in [0, 0.1) is 5.82 Å². The maximum atomic E-state index is 13.9. The van der Waals surface area contributed by atoms with Gasteiger partial charge in [0.2, 0.25) is 0 Å². The van der Waals surface area contributed by atoms with Gasteiger partial charge < -0.3 is 10.1 Å². The second kappa shape index (κ2) is 8.01. The third kappa shape index (κ3) is 4.73. The second-order valence-electron chi connectivity index (χ2n) is 4.78. The van der Waals surface area contributed by atoms with E-state index in [9.17, 15) is 4.39 Å². The summed E-state index contributed by atoms with van der Waals surface area (Å²) in [7, 11) is 0. The number of hydrogen-bond acceptors (Lipinski definition) is 2. The van der Waals surface area contributed by atoms with E-state index < -0.39 is 0 Å². The Morgan fingerprint density at radius 3 is 2.57 bits per heavy atom. The van der Waals surface area contributed by atoms with Crippen molar-refractivity contribution < 1.29 is 9.13 Å². The van der Waals surface area contributed by atoms with Crippen molar-refractivity contribution in [1.82, 2.24) is 5.32 Å². The van der Waals surface area contributed by atoms with Crippen molar-refractivity contribution in [2.75, 3.05) is 13.2 Å². The van der Waals surface area contributed by atoms with E-state index in [-0.39, 0.29) is 11.9 Å². The Hall–Kier alpha value is -1.58. The number of hydrogen-bond donors (Lipinski definition) is 1. The summed E-state index contributed by atoms with van der Waals surface area (Å²) in [5, 5.41) is 3.76. The Morgan fingerprint density at radius 1 is 1.14 bits per heavy atom. The quantitative estimate of drug-likeness (QED) is 0.832. The number of nitrogens with one attached hydrogen (secondary N) is 1. The summed E-state index contributed by atoms with van der Waals surface area (Å²) in [4.78, 5) is 0. The average Bonchev–Trinajstić information content (AvgIpc) is 2.49. The van der Waals surface area contributed by atoms with Crippen LogP contribution in [0.15, 0.2) is 48.5 Å². The molecule has 0 aliphatic carbocycles. The molecule has 0 saturated carbocycles. The molecule has 0 aliphatic rings. The highest BCUT2D eigenvalue weighted by Gasteiger charge is 2.15. The molecule has 2 aromatic carbocycles. The lowest BCUT2D eigenvalue weighted by molar-refractivity contribution is 0.264. The minimum Gasteiger partial charge on any atom is -0.492 e. The number of rotatable bonds is 7. The molecule has 2 nitrogen and oxygen atoms in total. The van der Waals surface area contributed by atoms with Gasteiger partial charge >= 0.3 is 0 Å². The molecule has 0 aromatic heterocycles. The molecular formula is C17H19ClFNO. The van der Waals surface area contributed by atoms with E-state index in [0.29, 0.717) is 23.6 Å². The molecule has 1 unspecified atom stereocenters. The van der Waals surface area contributed by atoms with Crippen LogP contribution in [0.1, 0.15) is 12.5 Å². The molecule has 112 valence electrons. The van der Waals surface area contributed by atoms with E-state index in [1.807, 2.05) is 37.3 Å². The van der Waals surface area contributed by atoms with Gasteiger partial charge in [-0.3, -0.25) is 0 Å². The van der Waals surface area contributed by atoms with E-state index in [4.69, 9.17) is 16.3 Å². The largest absolute Gasteiger partial charge is 0.492 e. The Bertz CT molecular complexity index is 542. The molecule has 21 heavy (non-hydrogen) atoms. The highest BCUT2D eigenvalue weighted by atomic mass is 35.5. The van der Waals surface area contributed by atoms with Crippen molar-refractivity contribution in [2.24, 2.45) is 0 Å². The normalized spacial score (nSPS) is 12.1. The van der Waals surface area contributed by atoms with E-state index in [1.54, 1.807) is 12.1 Å². The molecule has 4 heteroatoms. The summed E-state index contributed by atoms with van der Waals surface area (Å²) in [6.45, 7) is 3.26. The highest BCUT2D eigenvalue weighted by molar-refractivity contribution is 6.31. The van der Waals surface area contributed by atoms with Gasteiger partial charge in [0.25, 0.3) is 0 Å². The summed E-state index contributed by atoms with van der Waals surface area (Å²) >= 11 is 6.08. The minimum atomic E-state index is -0.273. The van der Waals surface area contributed by atoms with Crippen LogP contribution in [0.4, 0.5) is 4.39 Å². The molecule has 1 atom stereocenters. The Morgan fingerprint density at radius 2 is 1.90 bits per heavy atom. The number of likely N-dealkylation sites (N-methyl/N-ethyl adjacent to an activating group) is 1. The summed E-state index contributed by atoms with van der Waals surface area (Å²) in [6, 6.07) is 14.3. The van der Waals surface area contributed by atoms with Crippen molar-refractivity contribution in [1.29, 1.82) is 0 Å². The molecular weight excluding hydrogens is 289 g/mol. The Kier molecular flexibility index (Phi) is 6.03. The van der Waals surface area contributed by atoms with Crippen molar-refractivity contribution >= 4 is 11.6 Å². The molecule has 0 heterocycles. The minimum absolute atomic E-state index is 0.00426. The van der Waals surface area contributed by atoms with Gasteiger partial charge in [-0.1, -0.05) is 42.8 Å². The standard InChI is InChI=1S/C17H19ClFNO/c1-2-20-13(12-21-14-7-4-3-5-8-14)11-15-16(18)9-6-10-17(15)19/h3-10,13,20H,2,11-12H2,1H3. The predicted octanol–water partition coefficient (Wildman–Crippen LogP) is 4.08. The third-order valence-electron chi connectivity index (χ3n) is 3.20. The molecule has 0 bridgehead atoms. The zero-order valence-electron chi connectivity index (χ0n) is 12.0. The Balaban J connectivity index is 2.02. The molecule has 0 saturated heterocycles. The van der Waals surface area contributed by atoms with Gasteiger partial charge in [0, 0.05) is 16.6 Å². The van der Waals surface area contributed by atoms with Gasteiger partial charge in [0.05, 0.1) is 0 Å². The molecule has 0 fully saturated rings. The molecule has 0 radical (unpaired) electrons. The highest BCUT2D eigenvalue weighted by Crippen LogP contribution is 2.21. The van der Waals surface area contributed by atoms with Gasteiger partial charge in [0.1, 0.15) is 18.2 Å². The number of ether oxygens (including phenoxy) is 1. The zero-order chi connectivity index (χ0) is 15.1. The molecule has 0 aliphatic heterocycles. The van der Waals surface area contributed by atoms with Gasteiger partial charge in [-0.05, 0) is 37.2 Å². The molecule has 2 aromatic rings. The lowest BCUT2D eigenvalue weighted by Crippen LogP contribution is -2.36. The first kappa shape index (κ1) is 15.8. The van der Waals surface area contributed by atoms with Crippen LogP contribution in [0.25, 0.3) is 0 Å². The Labute approximate surface area is 129 Å².